The second kappa shape index (κ2) is 7.00. The van der Waals surface area contributed by atoms with Crippen LogP contribution in [-0.4, -0.2) is 13.7 Å². The SMILES string of the molecule is CCNC(c1cc(F)c(Br)cc1F)c1ccccc1OC. The van der Waals surface area contributed by atoms with E-state index < -0.39 is 17.7 Å². The molecule has 0 amide bonds. The smallest absolute Gasteiger partial charge is 0.137 e. The van der Waals surface area contributed by atoms with Gasteiger partial charge in [-0.2, -0.15) is 0 Å². The van der Waals surface area contributed by atoms with E-state index >= 15 is 0 Å². The molecule has 1 unspecified atom stereocenters. The number of hydrogen-bond acceptors (Lipinski definition) is 2. The van der Waals surface area contributed by atoms with Crippen molar-refractivity contribution in [3.8, 4) is 5.75 Å². The Hall–Kier alpha value is -1.46. The number of halogens is 3. The third kappa shape index (κ3) is 3.41. The minimum Gasteiger partial charge on any atom is -0.496 e. The number of benzene rings is 2. The largest absolute Gasteiger partial charge is 0.496 e. The van der Waals surface area contributed by atoms with E-state index in [1.165, 1.54) is 6.07 Å². The Labute approximate surface area is 131 Å². The molecule has 5 heteroatoms. The first kappa shape index (κ1) is 15.9. The molecule has 21 heavy (non-hydrogen) atoms. The Kier molecular flexibility index (Phi) is 5.31. The van der Waals surface area contributed by atoms with Crippen molar-refractivity contribution < 1.29 is 13.5 Å². The molecule has 112 valence electrons. The lowest BCUT2D eigenvalue weighted by molar-refractivity contribution is 0.403. The summed E-state index contributed by atoms with van der Waals surface area (Å²) >= 11 is 2.99. The first-order valence-electron chi connectivity index (χ1n) is 6.59. The normalized spacial score (nSPS) is 12.2. The van der Waals surface area contributed by atoms with Crippen molar-refractivity contribution >= 4 is 15.9 Å². The average molecular weight is 356 g/mol. The summed E-state index contributed by atoms with van der Waals surface area (Å²) in [7, 11) is 1.56. The summed E-state index contributed by atoms with van der Waals surface area (Å²) in [6.45, 7) is 2.52. The molecule has 0 aliphatic rings. The molecule has 0 aromatic heterocycles. The topological polar surface area (TPSA) is 21.3 Å². The maximum Gasteiger partial charge on any atom is 0.137 e. The van der Waals surface area contributed by atoms with E-state index in [0.29, 0.717) is 12.3 Å². The lowest BCUT2D eigenvalue weighted by Gasteiger charge is -2.22. The Bertz CT molecular complexity index is 634. The van der Waals surface area contributed by atoms with Crippen molar-refractivity contribution in [2.75, 3.05) is 13.7 Å². The Morgan fingerprint density at radius 1 is 1.14 bits per heavy atom. The quantitative estimate of drug-likeness (QED) is 0.800. The molecule has 0 spiro atoms. The summed E-state index contributed by atoms with van der Waals surface area (Å²) in [6, 6.07) is 9.19. The Morgan fingerprint density at radius 2 is 1.86 bits per heavy atom. The van der Waals surface area contributed by atoms with Crippen molar-refractivity contribution in [2.45, 2.75) is 13.0 Å². The van der Waals surface area contributed by atoms with Crippen molar-refractivity contribution in [1.29, 1.82) is 0 Å². The van der Waals surface area contributed by atoms with Gasteiger partial charge in [0.15, 0.2) is 0 Å². The van der Waals surface area contributed by atoms with Crippen LogP contribution in [-0.2, 0) is 0 Å². The first-order valence-corrected chi connectivity index (χ1v) is 7.38. The molecule has 2 aromatic rings. The summed E-state index contributed by atoms with van der Waals surface area (Å²) in [5, 5.41) is 3.18. The van der Waals surface area contributed by atoms with Crippen molar-refractivity contribution in [3.05, 3.63) is 63.6 Å². The van der Waals surface area contributed by atoms with Crippen LogP contribution in [0.3, 0.4) is 0 Å². The molecule has 2 nitrogen and oxygen atoms in total. The highest BCUT2D eigenvalue weighted by Gasteiger charge is 2.22. The Balaban J connectivity index is 2.56. The summed E-state index contributed by atoms with van der Waals surface area (Å²) in [5.74, 6) is -0.337. The molecule has 0 saturated carbocycles. The van der Waals surface area contributed by atoms with Crippen LogP contribution in [0.25, 0.3) is 0 Å². The van der Waals surface area contributed by atoms with Crippen LogP contribution in [0, 0.1) is 11.6 Å². The van der Waals surface area contributed by atoms with Gasteiger partial charge in [0.25, 0.3) is 0 Å². The second-order valence-corrected chi connectivity index (χ2v) is 5.37. The monoisotopic (exact) mass is 355 g/mol. The maximum atomic E-state index is 14.2. The molecule has 0 aliphatic heterocycles. The van der Waals surface area contributed by atoms with Gasteiger partial charge in [-0.25, -0.2) is 8.78 Å². The minimum absolute atomic E-state index is 0.110. The Morgan fingerprint density at radius 3 is 2.52 bits per heavy atom. The fraction of sp³-hybridized carbons (Fsp3) is 0.250. The van der Waals surface area contributed by atoms with E-state index in [-0.39, 0.29) is 10.0 Å². The van der Waals surface area contributed by atoms with Gasteiger partial charge in [0.1, 0.15) is 17.4 Å². The van der Waals surface area contributed by atoms with Crippen LogP contribution in [0.1, 0.15) is 24.1 Å². The predicted molar refractivity (Wildman–Crippen MR) is 82.6 cm³/mol. The van der Waals surface area contributed by atoms with E-state index in [0.717, 1.165) is 11.6 Å². The number of para-hydroxylation sites is 1. The number of methoxy groups -OCH3 is 1. The average Bonchev–Trinajstić information content (AvgIpc) is 2.49. The van der Waals surface area contributed by atoms with E-state index in [1.54, 1.807) is 13.2 Å². The van der Waals surface area contributed by atoms with Gasteiger partial charge < -0.3 is 10.1 Å². The first-order chi connectivity index (χ1) is 10.1. The summed E-state index contributed by atoms with van der Waals surface area (Å²) in [5.41, 5.74) is 1.02. The van der Waals surface area contributed by atoms with E-state index in [4.69, 9.17) is 4.74 Å². The van der Waals surface area contributed by atoms with E-state index in [2.05, 4.69) is 21.2 Å². The molecular weight excluding hydrogens is 340 g/mol. The predicted octanol–water partition coefficient (Wildman–Crippen LogP) is 4.43. The van der Waals surface area contributed by atoms with Crippen LogP contribution < -0.4 is 10.1 Å². The van der Waals surface area contributed by atoms with Crippen LogP contribution in [0.5, 0.6) is 5.75 Å². The fourth-order valence-electron chi connectivity index (χ4n) is 2.26. The molecule has 0 bridgehead atoms. The van der Waals surface area contributed by atoms with Crippen LogP contribution in [0.15, 0.2) is 40.9 Å². The van der Waals surface area contributed by atoms with Gasteiger partial charge in [0.2, 0.25) is 0 Å². The molecule has 0 fully saturated rings. The van der Waals surface area contributed by atoms with Crippen molar-refractivity contribution in [2.24, 2.45) is 0 Å². The van der Waals surface area contributed by atoms with Gasteiger partial charge >= 0.3 is 0 Å². The van der Waals surface area contributed by atoms with Gasteiger partial charge in [0.05, 0.1) is 17.6 Å². The third-order valence-corrected chi connectivity index (χ3v) is 3.82. The zero-order valence-corrected chi connectivity index (χ0v) is 13.4. The lowest BCUT2D eigenvalue weighted by atomic mass is 9.97. The van der Waals surface area contributed by atoms with Gasteiger partial charge in [0, 0.05) is 11.1 Å². The van der Waals surface area contributed by atoms with Crippen molar-refractivity contribution in [3.63, 3.8) is 0 Å². The molecule has 0 aliphatic carbocycles. The number of ether oxygens (including phenoxy) is 1. The summed E-state index contributed by atoms with van der Waals surface area (Å²) in [4.78, 5) is 0. The zero-order chi connectivity index (χ0) is 15.4. The van der Waals surface area contributed by atoms with Gasteiger partial charge in [-0.05, 0) is 40.7 Å². The highest BCUT2D eigenvalue weighted by molar-refractivity contribution is 9.10. The van der Waals surface area contributed by atoms with Gasteiger partial charge in [-0.1, -0.05) is 25.1 Å². The molecule has 2 aromatic carbocycles. The zero-order valence-electron chi connectivity index (χ0n) is 11.8. The fourth-order valence-corrected chi connectivity index (χ4v) is 2.57. The van der Waals surface area contributed by atoms with E-state index in [1.807, 2.05) is 25.1 Å². The highest BCUT2D eigenvalue weighted by Crippen LogP contribution is 2.33. The summed E-state index contributed by atoms with van der Waals surface area (Å²) in [6.07, 6.45) is 0. The molecule has 2 rings (SSSR count). The second-order valence-electron chi connectivity index (χ2n) is 4.52. The summed E-state index contributed by atoms with van der Waals surface area (Å²) < 4.78 is 33.5. The van der Waals surface area contributed by atoms with Crippen LogP contribution in [0.2, 0.25) is 0 Å². The molecule has 0 saturated heterocycles. The third-order valence-electron chi connectivity index (χ3n) is 3.21. The minimum atomic E-state index is -0.496. The maximum absolute atomic E-state index is 14.2. The lowest BCUT2D eigenvalue weighted by Crippen LogP contribution is -2.23. The number of nitrogens with one attached hydrogen (secondary N) is 1. The van der Waals surface area contributed by atoms with Crippen LogP contribution >= 0.6 is 15.9 Å². The molecular formula is C16H16BrF2NO. The molecule has 0 radical (unpaired) electrons. The van der Waals surface area contributed by atoms with Crippen LogP contribution in [0.4, 0.5) is 8.78 Å². The number of rotatable bonds is 5. The van der Waals surface area contributed by atoms with Gasteiger partial charge in [-0.15, -0.1) is 0 Å². The molecule has 1 atom stereocenters. The standard InChI is InChI=1S/C16H16BrF2NO/c1-3-20-16(10-6-4-5-7-15(10)21-2)11-8-14(19)12(17)9-13(11)18/h4-9,16,20H,3H2,1-2H3. The van der Waals surface area contributed by atoms with Gasteiger partial charge in [-0.3, -0.25) is 0 Å². The highest BCUT2D eigenvalue weighted by atomic mass is 79.9. The molecule has 1 N–H and O–H groups in total. The van der Waals surface area contributed by atoms with Crippen molar-refractivity contribution in [1.82, 2.24) is 5.32 Å². The van der Waals surface area contributed by atoms with E-state index in [9.17, 15) is 8.78 Å². The molecule has 0 heterocycles. The number of hydrogen-bond donors (Lipinski definition) is 1.